The number of carbonyl (C=O) groups excluding carboxylic acids is 1. The number of hydrogen-bond donors (Lipinski definition) is 1. The molecule has 1 aromatic heterocycles. The molecule has 0 radical (unpaired) electrons. The van der Waals surface area contributed by atoms with Gasteiger partial charge in [0.25, 0.3) is 5.69 Å². The summed E-state index contributed by atoms with van der Waals surface area (Å²) in [5.74, 6) is 0.0373. The number of nitro benzene ring substituents is 1. The number of furan rings is 1. The predicted octanol–water partition coefficient (Wildman–Crippen LogP) is 5.45. The number of non-ortho nitro benzene ring substituents is 1. The molecule has 4 aromatic rings. The van der Waals surface area contributed by atoms with E-state index in [2.05, 4.69) is 26.5 Å². The molecule has 0 unspecified atom stereocenters. The number of ether oxygens (including phenoxy) is 1. The Balaban J connectivity index is 1.42. The van der Waals surface area contributed by atoms with Crippen molar-refractivity contribution in [3.05, 3.63) is 104 Å². The molecule has 0 bridgehead atoms. The van der Waals surface area contributed by atoms with Gasteiger partial charge in [-0.05, 0) is 42.0 Å². The van der Waals surface area contributed by atoms with Crippen LogP contribution in [-0.2, 0) is 6.61 Å². The first-order chi connectivity index (χ1) is 15.5. The Kier molecular flexibility index (Phi) is 6.27. The molecule has 0 aliphatic heterocycles. The number of benzene rings is 3. The number of nitrogens with one attached hydrogen (secondary N) is 1. The summed E-state index contributed by atoms with van der Waals surface area (Å²) >= 11 is 3.40. The third-order valence-corrected chi connectivity index (χ3v) is 5.06. The third-order valence-electron chi connectivity index (χ3n) is 4.53. The van der Waals surface area contributed by atoms with Gasteiger partial charge < -0.3 is 9.15 Å². The Morgan fingerprint density at radius 2 is 1.91 bits per heavy atom. The normalized spacial score (nSPS) is 11.0. The van der Waals surface area contributed by atoms with E-state index in [4.69, 9.17) is 9.15 Å². The van der Waals surface area contributed by atoms with Crippen LogP contribution in [0.1, 0.15) is 21.7 Å². The highest BCUT2D eigenvalue weighted by Crippen LogP contribution is 2.24. The smallest absolute Gasteiger partial charge is 0.307 e. The fourth-order valence-corrected chi connectivity index (χ4v) is 3.20. The SMILES string of the molecule is O=C(N/N=C\c1ccccc1OCc1ccc(Br)cc1)c1cc2cc([N+](=O)[O-])ccc2o1. The number of hydrogen-bond acceptors (Lipinski definition) is 6. The lowest BCUT2D eigenvalue weighted by Crippen LogP contribution is -2.16. The fraction of sp³-hybridized carbons (Fsp3) is 0.0435. The van der Waals surface area contributed by atoms with Crippen molar-refractivity contribution in [1.29, 1.82) is 0 Å². The van der Waals surface area contributed by atoms with Crippen molar-refractivity contribution in [1.82, 2.24) is 5.43 Å². The first-order valence-corrected chi connectivity index (χ1v) is 10.3. The Labute approximate surface area is 190 Å². The second-order valence-electron chi connectivity index (χ2n) is 6.74. The van der Waals surface area contributed by atoms with Crippen LogP contribution in [0.25, 0.3) is 11.0 Å². The molecule has 0 aliphatic carbocycles. The Morgan fingerprint density at radius 1 is 1.12 bits per heavy atom. The molecule has 9 heteroatoms. The van der Waals surface area contributed by atoms with Gasteiger partial charge in [-0.1, -0.05) is 40.2 Å². The molecule has 32 heavy (non-hydrogen) atoms. The molecular weight excluding hydrogens is 478 g/mol. The van der Waals surface area contributed by atoms with Crippen LogP contribution in [0.5, 0.6) is 5.75 Å². The van der Waals surface area contributed by atoms with Crippen LogP contribution in [0, 0.1) is 10.1 Å². The van der Waals surface area contributed by atoms with Crippen LogP contribution < -0.4 is 10.2 Å². The second-order valence-corrected chi connectivity index (χ2v) is 7.66. The molecule has 160 valence electrons. The van der Waals surface area contributed by atoms with Gasteiger partial charge >= 0.3 is 5.91 Å². The van der Waals surface area contributed by atoms with E-state index in [9.17, 15) is 14.9 Å². The third kappa shape index (κ3) is 5.01. The van der Waals surface area contributed by atoms with E-state index in [1.165, 1.54) is 30.5 Å². The molecule has 0 saturated heterocycles. The van der Waals surface area contributed by atoms with E-state index in [-0.39, 0.29) is 11.4 Å². The van der Waals surface area contributed by atoms with Crippen LogP contribution >= 0.6 is 15.9 Å². The standard InChI is InChI=1S/C23H16BrN3O5/c24-18-7-5-15(6-8-18)14-31-20-4-2-1-3-16(20)13-25-26-23(28)22-12-17-11-19(27(29)30)9-10-21(17)32-22/h1-13H,14H2,(H,26,28)/b25-13-. The Morgan fingerprint density at radius 3 is 2.69 bits per heavy atom. The topological polar surface area (TPSA) is 107 Å². The molecule has 3 aromatic carbocycles. The second kappa shape index (κ2) is 9.44. The number of halogens is 1. The van der Waals surface area contributed by atoms with Crippen LogP contribution in [0.3, 0.4) is 0 Å². The summed E-state index contributed by atoms with van der Waals surface area (Å²) in [6.45, 7) is 0.385. The monoisotopic (exact) mass is 493 g/mol. The van der Waals surface area contributed by atoms with E-state index < -0.39 is 10.8 Å². The highest BCUT2D eigenvalue weighted by Gasteiger charge is 2.14. The van der Waals surface area contributed by atoms with Crippen molar-refractivity contribution in [2.75, 3.05) is 0 Å². The lowest BCUT2D eigenvalue weighted by atomic mass is 10.2. The molecule has 0 atom stereocenters. The Bertz CT molecular complexity index is 1310. The highest BCUT2D eigenvalue weighted by molar-refractivity contribution is 9.10. The lowest BCUT2D eigenvalue weighted by molar-refractivity contribution is -0.384. The molecule has 1 amide bonds. The van der Waals surface area contributed by atoms with Gasteiger partial charge in [0, 0.05) is 27.6 Å². The molecule has 0 aliphatic rings. The molecule has 4 rings (SSSR count). The van der Waals surface area contributed by atoms with Gasteiger partial charge in [-0.15, -0.1) is 0 Å². The zero-order valence-corrected chi connectivity index (χ0v) is 18.1. The van der Waals surface area contributed by atoms with Gasteiger partial charge in [0.2, 0.25) is 0 Å². The van der Waals surface area contributed by atoms with Gasteiger partial charge in [-0.3, -0.25) is 14.9 Å². The molecule has 0 spiro atoms. The molecular formula is C23H16BrN3O5. The number of nitro groups is 1. The largest absolute Gasteiger partial charge is 0.488 e. The zero-order valence-electron chi connectivity index (χ0n) is 16.5. The number of hydrazone groups is 1. The van der Waals surface area contributed by atoms with Gasteiger partial charge in [-0.2, -0.15) is 5.10 Å². The number of nitrogens with zero attached hydrogens (tertiary/aromatic N) is 2. The van der Waals surface area contributed by atoms with Crippen molar-refractivity contribution in [3.63, 3.8) is 0 Å². The molecule has 0 fully saturated rings. The van der Waals surface area contributed by atoms with Crippen molar-refractivity contribution in [3.8, 4) is 5.75 Å². The lowest BCUT2D eigenvalue weighted by Gasteiger charge is -2.09. The number of para-hydroxylation sites is 1. The summed E-state index contributed by atoms with van der Waals surface area (Å²) in [4.78, 5) is 22.7. The van der Waals surface area contributed by atoms with Gasteiger partial charge in [0.15, 0.2) is 5.76 Å². The zero-order chi connectivity index (χ0) is 22.5. The summed E-state index contributed by atoms with van der Waals surface area (Å²) < 4.78 is 12.3. The Hall–Kier alpha value is -3.98. The maximum atomic E-state index is 12.4. The number of carbonyl (C=O) groups is 1. The minimum Gasteiger partial charge on any atom is -0.488 e. The average Bonchev–Trinajstić information content (AvgIpc) is 3.23. The van der Waals surface area contributed by atoms with Crippen LogP contribution in [0.2, 0.25) is 0 Å². The minimum absolute atomic E-state index is 0.00239. The first-order valence-electron chi connectivity index (χ1n) is 9.47. The summed E-state index contributed by atoms with van der Waals surface area (Å²) in [5, 5.41) is 15.3. The van der Waals surface area contributed by atoms with E-state index in [0.717, 1.165) is 10.0 Å². The maximum Gasteiger partial charge on any atom is 0.307 e. The minimum atomic E-state index is -0.576. The predicted molar refractivity (Wildman–Crippen MR) is 123 cm³/mol. The summed E-state index contributed by atoms with van der Waals surface area (Å²) in [5.41, 5.74) is 4.38. The van der Waals surface area contributed by atoms with E-state index in [1.54, 1.807) is 0 Å². The van der Waals surface area contributed by atoms with Gasteiger partial charge in [0.1, 0.15) is 17.9 Å². The summed E-state index contributed by atoms with van der Waals surface area (Å²) in [6.07, 6.45) is 1.47. The average molecular weight is 494 g/mol. The van der Waals surface area contributed by atoms with Crippen molar-refractivity contribution < 1.29 is 18.9 Å². The summed E-state index contributed by atoms with van der Waals surface area (Å²) in [7, 11) is 0. The maximum absolute atomic E-state index is 12.4. The number of fused-ring (bicyclic) bond motifs is 1. The molecule has 1 N–H and O–H groups in total. The number of amides is 1. The van der Waals surface area contributed by atoms with Crippen LogP contribution in [0.4, 0.5) is 5.69 Å². The molecule has 1 heterocycles. The van der Waals surface area contributed by atoms with Crippen molar-refractivity contribution in [2.24, 2.45) is 5.10 Å². The molecule has 0 saturated carbocycles. The van der Waals surface area contributed by atoms with Crippen molar-refractivity contribution in [2.45, 2.75) is 6.61 Å². The number of rotatable bonds is 7. The van der Waals surface area contributed by atoms with Gasteiger partial charge in [0.05, 0.1) is 11.1 Å². The molecule has 8 nitrogen and oxygen atoms in total. The highest BCUT2D eigenvalue weighted by atomic mass is 79.9. The fourth-order valence-electron chi connectivity index (χ4n) is 2.93. The van der Waals surface area contributed by atoms with Crippen LogP contribution in [-0.4, -0.2) is 17.0 Å². The van der Waals surface area contributed by atoms with Crippen molar-refractivity contribution >= 4 is 44.7 Å². The van der Waals surface area contributed by atoms with E-state index in [1.807, 2.05) is 48.5 Å². The summed E-state index contributed by atoms with van der Waals surface area (Å²) in [6, 6.07) is 20.7. The quantitative estimate of drug-likeness (QED) is 0.209. The van der Waals surface area contributed by atoms with E-state index >= 15 is 0 Å². The van der Waals surface area contributed by atoms with E-state index in [0.29, 0.717) is 28.9 Å². The first kappa shape index (κ1) is 21.3. The van der Waals surface area contributed by atoms with Gasteiger partial charge in [-0.25, -0.2) is 5.43 Å². The van der Waals surface area contributed by atoms with Crippen LogP contribution in [0.15, 0.2) is 86.8 Å².